The number of likely N-dealkylation sites (tertiary alicyclic amines) is 1. The average molecular weight is 329 g/mol. The zero-order valence-corrected chi connectivity index (χ0v) is 14.4. The van der Waals surface area contributed by atoms with Crippen molar-refractivity contribution in [1.29, 1.82) is 0 Å². The third kappa shape index (κ3) is 3.31. The molecule has 0 unspecified atom stereocenters. The number of aromatic nitrogens is 4. The van der Waals surface area contributed by atoms with Crippen molar-refractivity contribution in [1.82, 2.24) is 24.4 Å². The lowest BCUT2D eigenvalue weighted by Crippen LogP contribution is -2.32. The van der Waals surface area contributed by atoms with Gasteiger partial charge in [-0.15, -0.1) is 0 Å². The fraction of sp³-hybridized carbons (Fsp3) is 0.529. The molecule has 1 atom stereocenters. The molecule has 0 bridgehead atoms. The SMILES string of the molecule is COCCC(=O)N1CCC[C@H]1c1nc(C)cc(-c2nccn2C)n1. The van der Waals surface area contributed by atoms with Crippen LogP contribution in [-0.4, -0.2) is 50.6 Å². The molecule has 3 rings (SSSR count). The Labute approximate surface area is 141 Å². The van der Waals surface area contributed by atoms with Crippen molar-refractivity contribution in [3.05, 3.63) is 30.0 Å². The first-order valence-electron chi connectivity index (χ1n) is 8.22. The zero-order chi connectivity index (χ0) is 17.1. The van der Waals surface area contributed by atoms with Crippen LogP contribution < -0.4 is 0 Å². The maximum absolute atomic E-state index is 12.4. The van der Waals surface area contributed by atoms with Gasteiger partial charge >= 0.3 is 0 Å². The van der Waals surface area contributed by atoms with Crippen LogP contribution in [0.1, 0.15) is 36.8 Å². The average Bonchev–Trinajstić information content (AvgIpc) is 3.20. The minimum absolute atomic E-state index is 0.0618. The van der Waals surface area contributed by atoms with Gasteiger partial charge in [0.05, 0.1) is 19.1 Å². The second-order valence-electron chi connectivity index (χ2n) is 6.10. The first kappa shape index (κ1) is 16.6. The van der Waals surface area contributed by atoms with Gasteiger partial charge in [-0.05, 0) is 25.8 Å². The summed E-state index contributed by atoms with van der Waals surface area (Å²) in [7, 11) is 3.55. The van der Waals surface area contributed by atoms with E-state index in [0.29, 0.717) is 18.9 Å². The largest absolute Gasteiger partial charge is 0.384 e. The number of rotatable bonds is 5. The van der Waals surface area contributed by atoms with E-state index in [0.717, 1.165) is 36.6 Å². The molecule has 1 amide bonds. The first-order valence-corrected chi connectivity index (χ1v) is 8.22. The van der Waals surface area contributed by atoms with Crippen LogP contribution in [0.25, 0.3) is 11.5 Å². The lowest BCUT2D eigenvalue weighted by atomic mass is 10.2. The van der Waals surface area contributed by atoms with Gasteiger partial charge in [0.2, 0.25) is 5.91 Å². The number of ether oxygens (including phenoxy) is 1. The summed E-state index contributed by atoms with van der Waals surface area (Å²) in [5, 5.41) is 0. The van der Waals surface area contributed by atoms with Gasteiger partial charge in [0.25, 0.3) is 0 Å². The summed E-state index contributed by atoms with van der Waals surface area (Å²) in [5.74, 6) is 1.61. The van der Waals surface area contributed by atoms with Gasteiger partial charge in [-0.2, -0.15) is 0 Å². The number of aryl methyl sites for hydroxylation is 2. The maximum atomic E-state index is 12.4. The number of hydrogen-bond donors (Lipinski definition) is 0. The molecule has 7 nitrogen and oxygen atoms in total. The van der Waals surface area contributed by atoms with Gasteiger partial charge in [-0.3, -0.25) is 4.79 Å². The van der Waals surface area contributed by atoms with Crippen LogP contribution in [0, 0.1) is 6.92 Å². The van der Waals surface area contributed by atoms with Crippen LogP contribution in [-0.2, 0) is 16.6 Å². The summed E-state index contributed by atoms with van der Waals surface area (Å²) in [6.45, 7) is 3.14. The Morgan fingerprint density at radius 1 is 1.42 bits per heavy atom. The van der Waals surface area contributed by atoms with E-state index >= 15 is 0 Å². The van der Waals surface area contributed by atoms with Crippen molar-refractivity contribution in [2.45, 2.75) is 32.2 Å². The fourth-order valence-electron chi connectivity index (χ4n) is 3.13. The predicted molar refractivity (Wildman–Crippen MR) is 89.2 cm³/mol. The number of carbonyl (C=O) groups is 1. The third-order valence-electron chi connectivity index (χ3n) is 4.31. The van der Waals surface area contributed by atoms with Gasteiger partial charge in [0.15, 0.2) is 11.6 Å². The van der Waals surface area contributed by atoms with E-state index in [1.807, 2.05) is 35.7 Å². The molecule has 24 heavy (non-hydrogen) atoms. The van der Waals surface area contributed by atoms with E-state index in [9.17, 15) is 4.79 Å². The first-order chi connectivity index (χ1) is 11.6. The summed E-state index contributed by atoms with van der Waals surface area (Å²) in [6.07, 6.45) is 5.90. The van der Waals surface area contributed by atoms with Gasteiger partial charge in [0, 0.05) is 38.8 Å². The summed E-state index contributed by atoms with van der Waals surface area (Å²) in [4.78, 5) is 28.0. The highest BCUT2D eigenvalue weighted by molar-refractivity contribution is 5.77. The van der Waals surface area contributed by atoms with Crippen LogP contribution >= 0.6 is 0 Å². The van der Waals surface area contributed by atoms with Crippen molar-refractivity contribution in [2.75, 3.05) is 20.3 Å². The monoisotopic (exact) mass is 329 g/mol. The molecule has 0 aliphatic carbocycles. The Kier molecular flexibility index (Phi) is 4.89. The van der Waals surface area contributed by atoms with Crippen LogP contribution in [0.3, 0.4) is 0 Å². The Hall–Kier alpha value is -2.28. The number of imidazole rings is 1. The topological polar surface area (TPSA) is 73.1 Å². The lowest BCUT2D eigenvalue weighted by molar-refractivity contribution is -0.133. The fourth-order valence-corrected chi connectivity index (χ4v) is 3.13. The molecule has 0 N–H and O–H groups in total. The second-order valence-corrected chi connectivity index (χ2v) is 6.10. The molecule has 2 aromatic rings. The maximum Gasteiger partial charge on any atom is 0.225 e. The standard InChI is InChI=1S/C17H23N5O2/c1-12-11-13(17-18-7-9-21(17)2)20-16(19-12)14-5-4-8-22(14)15(23)6-10-24-3/h7,9,11,14H,4-6,8,10H2,1-3H3/t14-/m0/s1. The smallest absolute Gasteiger partial charge is 0.225 e. The van der Waals surface area contributed by atoms with Gasteiger partial charge in [-0.25, -0.2) is 15.0 Å². The van der Waals surface area contributed by atoms with Crippen molar-refractivity contribution < 1.29 is 9.53 Å². The van der Waals surface area contributed by atoms with E-state index in [4.69, 9.17) is 9.72 Å². The number of amides is 1. The van der Waals surface area contributed by atoms with E-state index in [1.165, 1.54) is 0 Å². The molecule has 0 spiro atoms. The van der Waals surface area contributed by atoms with Crippen LogP contribution in [0.15, 0.2) is 18.5 Å². The molecule has 0 saturated carbocycles. The Bertz CT molecular complexity index is 728. The highest BCUT2D eigenvalue weighted by atomic mass is 16.5. The zero-order valence-electron chi connectivity index (χ0n) is 14.4. The van der Waals surface area contributed by atoms with Crippen LogP contribution in [0.5, 0.6) is 0 Å². The molecular formula is C17H23N5O2. The highest BCUT2D eigenvalue weighted by Gasteiger charge is 2.32. The number of carbonyl (C=O) groups excluding carboxylic acids is 1. The van der Waals surface area contributed by atoms with E-state index in [-0.39, 0.29) is 11.9 Å². The van der Waals surface area contributed by atoms with Crippen molar-refractivity contribution in [2.24, 2.45) is 7.05 Å². The molecule has 7 heteroatoms. The molecule has 128 valence electrons. The minimum Gasteiger partial charge on any atom is -0.384 e. The second kappa shape index (κ2) is 7.09. The molecule has 1 saturated heterocycles. The lowest BCUT2D eigenvalue weighted by Gasteiger charge is -2.24. The normalized spacial score (nSPS) is 17.5. The quantitative estimate of drug-likeness (QED) is 0.837. The molecule has 1 aliphatic heterocycles. The summed E-state index contributed by atoms with van der Waals surface area (Å²) >= 11 is 0. The van der Waals surface area contributed by atoms with Gasteiger partial charge in [-0.1, -0.05) is 0 Å². The van der Waals surface area contributed by atoms with Crippen LogP contribution in [0.2, 0.25) is 0 Å². The van der Waals surface area contributed by atoms with Crippen molar-refractivity contribution in [3.8, 4) is 11.5 Å². The summed E-state index contributed by atoms with van der Waals surface area (Å²) in [6, 6.07) is 1.87. The highest BCUT2D eigenvalue weighted by Crippen LogP contribution is 2.31. The van der Waals surface area contributed by atoms with Gasteiger partial charge < -0.3 is 14.2 Å². The number of hydrogen-bond acceptors (Lipinski definition) is 5. The van der Waals surface area contributed by atoms with E-state index in [2.05, 4.69) is 9.97 Å². The molecule has 1 aliphatic rings. The van der Waals surface area contributed by atoms with E-state index < -0.39 is 0 Å². The number of nitrogens with zero attached hydrogens (tertiary/aromatic N) is 5. The minimum atomic E-state index is -0.0618. The van der Waals surface area contributed by atoms with Gasteiger partial charge in [0.1, 0.15) is 5.69 Å². The predicted octanol–water partition coefficient (Wildman–Crippen LogP) is 1.89. The van der Waals surface area contributed by atoms with E-state index in [1.54, 1.807) is 13.3 Å². The summed E-state index contributed by atoms with van der Waals surface area (Å²) < 4.78 is 6.96. The molecule has 2 aromatic heterocycles. The molecular weight excluding hydrogens is 306 g/mol. The summed E-state index contributed by atoms with van der Waals surface area (Å²) in [5.41, 5.74) is 1.68. The molecule has 1 fully saturated rings. The molecule has 3 heterocycles. The Morgan fingerprint density at radius 3 is 2.96 bits per heavy atom. The van der Waals surface area contributed by atoms with Crippen molar-refractivity contribution in [3.63, 3.8) is 0 Å². The Balaban J connectivity index is 1.89. The van der Waals surface area contributed by atoms with Crippen molar-refractivity contribution >= 4 is 5.91 Å². The van der Waals surface area contributed by atoms with Crippen LogP contribution in [0.4, 0.5) is 0 Å². The molecule has 0 aromatic carbocycles. The third-order valence-corrected chi connectivity index (χ3v) is 4.31. The Morgan fingerprint density at radius 2 is 2.25 bits per heavy atom. The number of methoxy groups -OCH3 is 1. The molecule has 0 radical (unpaired) electrons.